The molecule has 0 aromatic carbocycles. The van der Waals surface area contributed by atoms with Gasteiger partial charge in [-0.3, -0.25) is 0 Å². The number of hydrogen-bond donors (Lipinski definition) is 2. The maximum Gasteiger partial charge on any atom is 0.371 e. The lowest BCUT2D eigenvalue weighted by atomic mass is 9.85. The molecule has 0 saturated heterocycles. The van der Waals surface area contributed by atoms with Crippen LogP contribution in [0.25, 0.3) is 0 Å². The minimum Gasteiger partial charge on any atom is -0.392 e. The van der Waals surface area contributed by atoms with Crippen molar-refractivity contribution in [3.05, 3.63) is 0 Å². The summed E-state index contributed by atoms with van der Waals surface area (Å²) >= 11 is 9.28. The number of alkyl halides is 5. The van der Waals surface area contributed by atoms with Gasteiger partial charge in [0.2, 0.25) is 0 Å². The number of hydrogen-bond acceptors (Lipinski definition) is 2. The Labute approximate surface area is 102 Å². The second-order valence-corrected chi connectivity index (χ2v) is 5.78. The Hall–Kier alpha value is 0.290. The average Bonchev–Trinajstić information content (AvgIpc) is 1.99. The third-order valence-corrected chi connectivity index (χ3v) is 3.10. The van der Waals surface area contributed by atoms with Crippen molar-refractivity contribution in [2.75, 3.05) is 0 Å². The smallest absolute Gasteiger partial charge is 0.371 e. The third kappa shape index (κ3) is 3.95. The van der Waals surface area contributed by atoms with Crippen LogP contribution in [-0.2, 0) is 0 Å². The Morgan fingerprint density at radius 3 is 1.62 bits per heavy atom. The zero-order valence-electron chi connectivity index (χ0n) is 9.15. The predicted molar refractivity (Wildman–Crippen MR) is 56.6 cm³/mol. The minimum atomic E-state index is -4.41. The van der Waals surface area contributed by atoms with Gasteiger partial charge in [-0.05, 0) is 17.0 Å². The van der Waals surface area contributed by atoms with E-state index in [1.807, 2.05) is 0 Å². The molecule has 16 heavy (non-hydrogen) atoms. The van der Waals surface area contributed by atoms with E-state index in [2.05, 4.69) is 11.6 Å². The van der Waals surface area contributed by atoms with Crippen LogP contribution in [0, 0.1) is 5.41 Å². The summed E-state index contributed by atoms with van der Waals surface area (Å²) in [6, 6.07) is 0. The number of aliphatic hydroxyl groups excluding tert-OH is 2. The monoisotopic (exact) mass is 282 g/mol. The Bertz CT molecular complexity index is 236. The molecule has 98 valence electrons. The van der Waals surface area contributed by atoms with E-state index in [1.165, 1.54) is 0 Å². The first-order valence-electron chi connectivity index (χ1n) is 4.61. The Kier molecular flexibility index (Phi) is 4.97. The number of aliphatic hydroxyl groups is 2. The van der Waals surface area contributed by atoms with Gasteiger partial charge in [-0.15, -0.1) is 0 Å². The maximum atomic E-state index is 13.3. The maximum absolute atomic E-state index is 13.3. The second kappa shape index (κ2) is 4.88. The molecule has 0 saturated carbocycles. The van der Waals surface area contributed by atoms with Crippen molar-refractivity contribution in [3.8, 4) is 0 Å². The molecule has 3 unspecified atom stereocenters. The van der Waals surface area contributed by atoms with Crippen LogP contribution in [0.15, 0.2) is 0 Å². The largest absolute Gasteiger partial charge is 0.392 e. The van der Waals surface area contributed by atoms with E-state index in [-0.39, 0.29) is 0 Å². The molecule has 0 aliphatic carbocycles. The molecule has 0 amide bonds. The van der Waals surface area contributed by atoms with E-state index >= 15 is 0 Å². The van der Waals surface area contributed by atoms with Gasteiger partial charge in [0.05, 0.1) is 6.10 Å². The summed E-state index contributed by atoms with van der Waals surface area (Å²) in [5.41, 5.74) is -0.685. The van der Waals surface area contributed by atoms with Crippen molar-refractivity contribution in [2.24, 2.45) is 5.41 Å². The standard InChI is InChI=1S/C9H15Cl2F3O2/c1-7(2,3)5(15)4-6(16)8(10,12)9(11,13)14/h5-6,15-16H,4H2,1-3H3. The van der Waals surface area contributed by atoms with Crippen LogP contribution in [0.5, 0.6) is 0 Å². The van der Waals surface area contributed by atoms with Crippen LogP contribution in [0.4, 0.5) is 13.2 Å². The first kappa shape index (κ1) is 16.3. The van der Waals surface area contributed by atoms with Crippen LogP contribution < -0.4 is 0 Å². The molecule has 0 radical (unpaired) electrons. The summed E-state index contributed by atoms with van der Waals surface area (Å²) in [5.74, 6) is 0. The lowest BCUT2D eigenvalue weighted by molar-refractivity contribution is -0.105. The highest BCUT2D eigenvalue weighted by atomic mass is 35.5. The molecule has 0 rings (SSSR count). The average molecular weight is 283 g/mol. The molecule has 0 aromatic heterocycles. The van der Waals surface area contributed by atoms with E-state index in [0.29, 0.717) is 0 Å². The Morgan fingerprint density at radius 1 is 1.00 bits per heavy atom. The summed E-state index contributed by atoms with van der Waals surface area (Å²) in [7, 11) is 0. The van der Waals surface area contributed by atoms with Crippen LogP contribution in [0.1, 0.15) is 27.2 Å². The fourth-order valence-electron chi connectivity index (χ4n) is 0.902. The molecule has 2 nitrogen and oxygen atoms in total. The third-order valence-electron chi connectivity index (χ3n) is 2.24. The van der Waals surface area contributed by atoms with Crippen molar-refractivity contribution >= 4 is 23.2 Å². The molecule has 3 atom stereocenters. The minimum absolute atomic E-state index is 0.633. The summed E-state index contributed by atoms with van der Waals surface area (Å²) in [5, 5.41) is 10.5. The van der Waals surface area contributed by atoms with Gasteiger partial charge in [0.1, 0.15) is 6.10 Å². The van der Waals surface area contributed by atoms with Gasteiger partial charge in [-0.25, -0.2) is 4.39 Å². The van der Waals surface area contributed by atoms with Crippen LogP contribution in [-0.4, -0.2) is 32.9 Å². The molecular weight excluding hydrogens is 268 g/mol. The SMILES string of the molecule is CC(C)(C)C(O)CC(O)C(F)(Cl)C(F)(F)Cl. The van der Waals surface area contributed by atoms with E-state index in [9.17, 15) is 23.4 Å². The quantitative estimate of drug-likeness (QED) is 0.779. The Morgan fingerprint density at radius 2 is 1.38 bits per heavy atom. The fourth-order valence-corrected chi connectivity index (χ4v) is 1.12. The molecule has 7 heteroatoms. The van der Waals surface area contributed by atoms with Gasteiger partial charge in [-0.1, -0.05) is 32.4 Å². The van der Waals surface area contributed by atoms with E-state index in [4.69, 9.17) is 11.6 Å². The Balaban J connectivity index is 4.66. The normalized spacial score (nSPS) is 21.4. The summed E-state index contributed by atoms with van der Waals surface area (Å²) in [6.07, 6.45) is -4.09. The lowest BCUT2D eigenvalue weighted by Crippen LogP contribution is -2.48. The van der Waals surface area contributed by atoms with Crippen LogP contribution in [0.2, 0.25) is 0 Å². The zero-order chi connectivity index (χ0) is 13.4. The summed E-state index contributed by atoms with van der Waals surface area (Å²) in [4.78, 5) is 0. The van der Waals surface area contributed by atoms with E-state index in [1.54, 1.807) is 20.8 Å². The first-order valence-corrected chi connectivity index (χ1v) is 5.36. The lowest BCUT2D eigenvalue weighted by Gasteiger charge is -2.32. The van der Waals surface area contributed by atoms with Crippen molar-refractivity contribution < 1.29 is 23.4 Å². The summed E-state index contributed by atoms with van der Waals surface area (Å²) in [6.45, 7) is 4.83. The summed E-state index contributed by atoms with van der Waals surface area (Å²) < 4.78 is 38.3. The number of rotatable bonds is 4. The van der Waals surface area contributed by atoms with Gasteiger partial charge >= 0.3 is 5.38 Å². The van der Waals surface area contributed by atoms with Crippen LogP contribution in [0.3, 0.4) is 0 Å². The number of halogens is 5. The molecule has 2 N–H and O–H groups in total. The van der Waals surface area contributed by atoms with Gasteiger partial charge < -0.3 is 10.2 Å². The molecule has 0 spiro atoms. The topological polar surface area (TPSA) is 40.5 Å². The van der Waals surface area contributed by atoms with Gasteiger partial charge in [0.25, 0.3) is 5.13 Å². The zero-order valence-corrected chi connectivity index (χ0v) is 10.7. The predicted octanol–water partition coefficient (Wildman–Crippen LogP) is 2.88. The van der Waals surface area contributed by atoms with E-state index < -0.39 is 34.6 Å². The molecule has 0 aliphatic heterocycles. The van der Waals surface area contributed by atoms with E-state index in [0.717, 1.165) is 0 Å². The molecular formula is C9H15Cl2F3O2. The van der Waals surface area contributed by atoms with Gasteiger partial charge in [0, 0.05) is 6.42 Å². The van der Waals surface area contributed by atoms with Crippen LogP contribution >= 0.6 is 23.2 Å². The molecule has 0 aromatic rings. The van der Waals surface area contributed by atoms with Crippen molar-refractivity contribution in [1.29, 1.82) is 0 Å². The highest BCUT2D eigenvalue weighted by Crippen LogP contribution is 2.44. The van der Waals surface area contributed by atoms with Crippen molar-refractivity contribution in [2.45, 2.75) is 49.9 Å². The second-order valence-electron chi connectivity index (χ2n) is 4.75. The molecule has 0 bridgehead atoms. The first-order chi connectivity index (χ1) is 6.80. The highest BCUT2D eigenvalue weighted by Gasteiger charge is 2.58. The highest BCUT2D eigenvalue weighted by molar-refractivity contribution is 6.32. The van der Waals surface area contributed by atoms with Crippen molar-refractivity contribution in [1.82, 2.24) is 0 Å². The molecule has 0 fully saturated rings. The van der Waals surface area contributed by atoms with Gasteiger partial charge in [-0.2, -0.15) is 8.78 Å². The molecule has 0 heterocycles. The van der Waals surface area contributed by atoms with Gasteiger partial charge in [0.15, 0.2) is 0 Å². The van der Waals surface area contributed by atoms with Crippen molar-refractivity contribution in [3.63, 3.8) is 0 Å². The fraction of sp³-hybridized carbons (Fsp3) is 1.00. The molecule has 0 aliphatic rings.